The van der Waals surface area contributed by atoms with Gasteiger partial charge in [-0.3, -0.25) is 4.79 Å². The molecule has 4 N–H and O–H groups in total. The van der Waals surface area contributed by atoms with Gasteiger partial charge in [0.2, 0.25) is 0 Å². The van der Waals surface area contributed by atoms with E-state index in [1.807, 2.05) is 25.1 Å². The van der Waals surface area contributed by atoms with Gasteiger partial charge in [-0.1, -0.05) is 37.3 Å². The smallest absolute Gasteiger partial charge is 0.315 e. The van der Waals surface area contributed by atoms with E-state index in [0.29, 0.717) is 6.54 Å². The molecule has 0 saturated carbocycles. The first-order valence-corrected chi connectivity index (χ1v) is 7.15. The third kappa shape index (κ3) is 7.31. The molecule has 0 bridgehead atoms. The first kappa shape index (κ1) is 17.0. The molecular formula is C15H23N3O3. The summed E-state index contributed by atoms with van der Waals surface area (Å²) in [5, 5.41) is 17.6. The molecule has 0 aliphatic carbocycles. The van der Waals surface area contributed by atoms with Crippen LogP contribution in [0, 0.1) is 0 Å². The molecule has 0 aromatic heterocycles. The molecule has 21 heavy (non-hydrogen) atoms. The first-order valence-electron chi connectivity index (χ1n) is 7.15. The second-order valence-electron chi connectivity index (χ2n) is 4.67. The first-order chi connectivity index (χ1) is 10.1. The lowest BCUT2D eigenvalue weighted by Crippen LogP contribution is -2.39. The number of carboxylic acids is 1. The van der Waals surface area contributed by atoms with E-state index < -0.39 is 12.0 Å². The Bertz CT molecular complexity index is 437. The summed E-state index contributed by atoms with van der Waals surface area (Å²) in [5.74, 6) is -0.948. The van der Waals surface area contributed by atoms with Gasteiger partial charge in [0.1, 0.15) is 0 Å². The van der Waals surface area contributed by atoms with Crippen molar-refractivity contribution < 1.29 is 14.7 Å². The lowest BCUT2D eigenvalue weighted by Gasteiger charge is -2.18. The van der Waals surface area contributed by atoms with Gasteiger partial charge >= 0.3 is 12.0 Å². The van der Waals surface area contributed by atoms with Crippen LogP contribution in [0.1, 0.15) is 31.4 Å². The van der Waals surface area contributed by atoms with Crippen LogP contribution in [0.4, 0.5) is 4.79 Å². The summed E-state index contributed by atoms with van der Waals surface area (Å²) >= 11 is 0. The van der Waals surface area contributed by atoms with Crippen molar-refractivity contribution in [3.63, 3.8) is 0 Å². The molecule has 0 saturated heterocycles. The van der Waals surface area contributed by atoms with Crippen molar-refractivity contribution in [1.29, 1.82) is 0 Å². The molecule has 6 nitrogen and oxygen atoms in total. The van der Waals surface area contributed by atoms with Crippen LogP contribution in [0.5, 0.6) is 0 Å². The van der Waals surface area contributed by atoms with Crippen LogP contribution < -0.4 is 16.0 Å². The minimum atomic E-state index is -0.948. The monoisotopic (exact) mass is 293 g/mol. The topological polar surface area (TPSA) is 90.5 Å². The lowest BCUT2D eigenvalue weighted by atomic mass is 10.0. The van der Waals surface area contributed by atoms with Crippen molar-refractivity contribution in [2.45, 2.75) is 25.8 Å². The van der Waals surface area contributed by atoms with E-state index in [-0.39, 0.29) is 12.5 Å². The molecule has 1 rings (SSSR count). The fourth-order valence-electron chi connectivity index (χ4n) is 1.91. The number of urea groups is 1. The minimum Gasteiger partial charge on any atom is -0.481 e. The Morgan fingerprint density at radius 3 is 2.52 bits per heavy atom. The average Bonchev–Trinajstić information content (AvgIpc) is 2.47. The number of benzene rings is 1. The van der Waals surface area contributed by atoms with E-state index in [1.165, 1.54) is 0 Å². The van der Waals surface area contributed by atoms with E-state index in [1.54, 1.807) is 12.1 Å². The van der Waals surface area contributed by atoms with E-state index in [0.717, 1.165) is 25.1 Å². The normalized spacial score (nSPS) is 11.7. The predicted molar refractivity (Wildman–Crippen MR) is 81.1 cm³/mol. The Balaban J connectivity index is 2.45. The Labute approximate surface area is 124 Å². The largest absolute Gasteiger partial charge is 0.481 e. The Kier molecular flexibility index (Phi) is 7.89. The van der Waals surface area contributed by atoms with Crippen molar-refractivity contribution in [3.8, 4) is 0 Å². The van der Waals surface area contributed by atoms with Crippen LogP contribution in [0.3, 0.4) is 0 Å². The number of carbonyl (C=O) groups is 2. The highest BCUT2D eigenvalue weighted by molar-refractivity contribution is 5.76. The predicted octanol–water partition coefficient (Wildman–Crippen LogP) is 1.50. The summed E-state index contributed by atoms with van der Waals surface area (Å²) in [6, 6.07) is 8.22. The van der Waals surface area contributed by atoms with Gasteiger partial charge in [-0.05, 0) is 25.1 Å². The van der Waals surface area contributed by atoms with Crippen LogP contribution in [-0.2, 0) is 4.79 Å². The number of aliphatic carboxylic acids is 1. The third-order valence-corrected chi connectivity index (χ3v) is 2.95. The highest BCUT2D eigenvalue weighted by Crippen LogP contribution is 2.16. The van der Waals surface area contributed by atoms with Crippen molar-refractivity contribution in [3.05, 3.63) is 35.9 Å². The summed E-state index contributed by atoms with van der Waals surface area (Å²) < 4.78 is 0. The summed E-state index contributed by atoms with van der Waals surface area (Å²) in [4.78, 5) is 22.7. The van der Waals surface area contributed by atoms with E-state index >= 15 is 0 Å². The van der Waals surface area contributed by atoms with Gasteiger partial charge in [-0.25, -0.2) is 4.79 Å². The molecule has 0 heterocycles. The number of nitrogens with one attached hydrogen (secondary N) is 3. The van der Waals surface area contributed by atoms with Crippen LogP contribution >= 0.6 is 0 Å². The molecule has 1 atom stereocenters. The van der Waals surface area contributed by atoms with Gasteiger partial charge < -0.3 is 21.1 Å². The molecule has 116 valence electrons. The van der Waals surface area contributed by atoms with Crippen molar-refractivity contribution >= 4 is 12.0 Å². The summed E-state index contributed by atoms with van der Waals surface area (Å²) in [5.41, 5.74) is 0.780. The number of hydrogen-bond donors (Lipinski definition) is 4. The zero-order valence-electron chi connectivity index (χ0n) is 12.3. The van der Waals surface area contributed by atoms with Gasteiger partial charge in [0.15, 0.2) is 0 Å². The fourth-order valence-corrected chi connectivity index (χ4v) is 1.91. The summed E-state index contributed by atoms with van der Waals surface area (Å²) in [6.07, 6.45) is 0.686. The molecule has 6 heteroatoms. The zero-order chi connectivity index (χ0) is 15.5. The maximum absolute atomic E-state index is 11.8. The maximum atomic E-state index is 11.8. The van der Waals surface area contributed by atoms with E-state index in [9.17, 15) is 9.59 Å². The lowest BCUT2D eigenvalue weighted by molar-refractivity contribution is -0.137. The standard InChI is InChI=1S/C15H23N3O3/c1-2-16-9-6-10-17-15(21)18-13(11-14(19)20)12-7-4-3-5-8-12/h3-5,7-8,13,16H,2,6,9-11H2,1H3,(H,19,20)(H2,17,18,21). The molecule has 1 unspecified atom stereocenters. The molecule has 0 aliphatic rings. The van der Waals surface area contributed by atoms with E-state index in [4.69, 9.17) is 5.11 Å². The number of hydrogen-bond acceptors (Lipinski definition) is 3. The molecule has 0 spiro atoms. The van der Waals surface area contributed by atoms with Crippen LogP contribution in [0.25, 0.3) is 0 Å². The maximum Gasteiger partial charge on any atom is 0.315 e. The molecular weight excluding hydrogens is 270 g/mol. The number of amides is 2. The number of carboxylic acid groups (broad SMARTS) is 1. The fraction of sp³-hybridized carbons (Fsp3) is 0.467. The molecule has 1 aromatic carbocycles. The van der Waals surface area contributed by atoms with Gasteiger partial charge in [-0.15, -0.1) is 0 Å². The van der Waals surface area contributed by atoms with Crippen LogP contribution in [0.2, 0.25) is 0 Å². The molecule has 0 aliphatic heterocycles. The van der Waals surface area contributed by atoms with Crippen LogP contribution in [0.15, 0.2) is 30.3 Å². The highest BCUT2D eigenvalue weighted by Gasteiger charge is 2.17. The summed E-state index contributed by atoms with van der Waals surface area (Å²) in [6.45, 7) is 4.32. The second-order valence-corrected chi connectivity index (χ2v) is 4.67. The van der Waals surface area contributed by atoms with E-state index in [2.05, 4.69) is 16.0 Å². The number of rotatable bonds is 9. The van der Waals surface area contributed by atoms with Gasteiger partial charge in [-0.2, -0.15) is 0 Å². The van der Waals surface area contributed by atoms with Gasteiger partial charge in [0.05, 0.1) is 12.5 Å². The Morgan fingerprint density at radius 1 is 1.19 bits per heavy atom. The summed E-state index contributed by atoms with van der Waals surface area (Å²) in [7, 11) is 0. The number of carbonyl (C=O) groups excluding carboxylic acids is 1. The molecule has 0 radical (unpaired) electrons. The molecule has 2 amide bonds. The minimum absolute atomic E-state index is 0.144. The quantitative estimate of drug-likeness (QED) is 0.519. The average molecular weight is 293 g/mol. The second kappa shape index (κ2) is 9.77. The van der Waals surface area contributed by atoms with Crippen molar-refractivity contribution in [1.82, 2.24) is 16.0 Å². The highest BCUT2D eigenvalue weighted by atomic mass is 16.4. The van der Waals surface area contributed by atoms with Crippen molar-refractivity contribution in [2.75, 3.05) is 19.6 Å². The third-order valence-electron chi connectivity index (χ3n) is 2.95. The Hall–Kier alpha value is -2.08. The zero-order valence-corrected chi connectivity index (χ0v) is 12.3. The van der Waals surface area contributed by atoms with Crippen molar-refractivity contribution in [2.24, 2.45) is 0 Å². The van der Waals surface area contributed by atoms with Gasteiger partial charge in [0, 0.05) is 6.54 Å². The van der Waals surface area contributed by atoms with Gasteiger partial charge in [0.25, 0.3) is 0 Å². The molecule has 1 aromatic rings. The Morgan fingerprint density at radius 2 is 1.90 bits per heavy atom. The SMILES string of the molecule is CCNCCCNC(=O)NC(CC(=O)O)c1ccccc1. The molecule has 0 fully saturated rings. The van der Waals surface area contributed by atoms with Crippen LogP contribution in [-0.4, -0.2) is 36.7 Å².